The highest BCUT2D eigenvalue weighted by Crippen LogP contribution is 2.64. The average molecular weight is 152 g/mol. The van der Waals surface area contributed by atoms with Crippen molar-refractivity contribution in [1.29, 1.82) is 0 Å². The van der Waals surface area contributed by atoms with Crippen LogP contribution in [0.2, 0.25) is 0 Å². The first-order valence-corrected chi connectivity index (χ1v) is 4.59. The van der Waals surface area contributed by atoms with Gasteiger partial charge in [-0.15, -0.1) is 0 Å². The number of fused-ring (bicyclic) bond motifs is 2. The van der Waals surface area contributed by atoms with Gasteiger partial charge in [0.05, 0.1) is 0 Å². The van der Waals surface area contributed by atoms with E-state index in [2.05, 4.69) is 13.8 Å². The third kappa shape index (κ3) is 0.646. The minimum Gasteiger partial charge on any atom is -0.303 e. The lowest BCUT2D eigenvalue weighted by molar-refractivity contribution is -0.120. The van der Waals surface area contributed by atoms with Crippen molar-refractivity contribution < 1.29 is 4.79 Å². The molecule has 11 heavy (non-hydrogen) atoms. The van der Waals surface area contributed by atoms with Crippen molar-refractivity contribution in [2.24, 2.45) is 16.7 Å². The molecule has 0 N–H and O–H groups in total. The molecule has 0 amide bonds. The average Bonchev–Trinajstić information content (AvgIpc) is 2.39. The number of rotatable bonds is 1. The summed E-state index contributed by atoms with van der Waals surface area (Å²) in [4.78, 5) is 11.0. The molecule has 1 atom stereocenters. The molecule has 0 aliphatic heterocycles. The number of hydrogen-bond donors (Lipinski definition) is 0. The summed E-state index contributed by atoms with van der Waals surface area (Å²) in [6.45, 7) is 4.44. The van der Waals surface area contributed by atoms with Gasteiger partial charge in [-0.25, -0.2) is 0 Å². The molecule has 62 valence electrons. The van der Waals surface area contributed by atoms with Gasteiger partial charge in [0.2, 0.25) is 0 Å². The zero-order valence-corrected chi connectivity index (χ0v) is 7.39. The maximum Gasteiger partial charge on any atom is 0.126 e. The van der Waals surface area contributed by atoms with Gasteiger partial charge in [0.25, 0.3) is 0 Å². The maximum atomic E-state index is 11.0. The molecule has 0 saturated heterocycles. The van der Waals surface area contributed by atoms with Gasteiger partial charge in [0.1, 0.15) is 6.29 Å². The standard InChI is InChI=1S/C10H16O/c1-9-5-3-8(4-6-9)10(9,2)7-11/h7-8H,3-6H2,1-2H3. The van der Waals surface area contributed by atoms with Crippen LogP contribution < -0.4 is 0 Å². The summed E-state index contributed by atoms with van der Waals surface area (Å²) in [5.41, 5.74) is 0.367. The second-order valence-corrected chi connectivity index (χ2v) is 4.74. The van der Waals surface area contributed by atoms with Crippen LogP contribution in [0.3, 0.4) is 0 Å². The SMILES string of the molecule is CC12CCC(CC1)C2(C)C=O. The number of carbonyl (C=O) groups is 1. The summed E-state index contributed by atoms with van der Waals surface area (Å²) < 4.78 is 0. The van der Waals surface area contributed by atoms with Gasteiger partial charge in [0, 0.05) is 5.41 Å². The van der Waals surface area contributed by atoms with Crippen molar-refractivity contribution in [3.8, 4) is 0 Å². The summed E-state index contributed by atoms with van der Waals surface area (Å²) in [6.07, 6.45) is 6.33. The van der Waals surface area contributed by atoms with Crippen LogP contribution in [0.15, 0.2) is 0 Å². The Morgan fingerprint density at radius 2 is 1.82 bits per heavy atom. The van der Waals surface area contributed by atoms with Gasteiger partial charge in [-0.05, 0) is 37.0 Å². The van der Waals surface area contributed by atoms with Gasteiger partial charge in [-0.1, -0.05) is 13.8 Å². The lowest BCUT2D eigenvalue weighted by Gasteiger charge is -2.32. The molecular formula is C10H16O. The van der Waals surface area contributed by atoms with Crippen LogP contribution in [-0.2, 0) is 4.79 Å². The second kappa shape index (κ2) is 1.88. The van der Waals surface area contributed by atoms with Crippen LogP contribution in [0.25, 0.3) is 0 Å². The van der Waals surface area contributed by atoms with Crippen LogP contribution in [0.1, 0.15) is 39.5 Å². The van der Waals surface area contributed by atoms with Gasteiger partial charge < -0.3 is 4.79 Å². The highest BCUT2D eigenvalue weighted by atomic mass is 16.1. The summed E-state index contributed by atoms with van der Waals surface area (Å²) in [5.74, 6) is 0.699. The Balaban J connectivity index is 2.41. The van der Waals surface area contributed by atoms with Crippen molar-refractivity contribution in [2.75, 3.05) is 0 Å². The monoisotopic (exact) mass is 152 g/mol. The van der Waals surface area contributed by atoms with E-state index in [9.17, 15) is 4.79 Å². The van der Waals surface area contributed by atoms with Crippen molar-refractivity contribution in [3.63, 3.8) is 0 Å². The third-order valence-electron chi connectivity index (χ3n) is 4.48. The summed E-state index contributed by atoms with van der Waals surface area (Å²) in [6, 6.07) is 0. The first-order chi connectivity index (χ1) is 5.12. The molecule has 2 saturated carbocycles. The molecule has 2 aliphatic rings. The van der Waals surface area contributed by atoms with Gasteiger partial charge >= 0.3 is 0 Å². The highest BCUT2D eigenvalue weighted by molar-refractivity contribution is 5.62. The summed E-state index contributed by atoms with van der Waals surface area (Å²) >= 11 is 0. The lowest BCUT2D eigenvalue weighted by Crippen LogP contribution is -2.31. The highest BCUT2D eigenvalue weighted by Gasteiger charge is 2.58. The van der Waals surface area contributed by atoms with E-state index in [0.29, 0.717) is 11.3 Å². The first-order valence-electron chi connectivity index (χ1n) is 4.59. The zero-order valence-electron chi connectivity index (χ0n) is 7.39. The Kier molecular flexibility index (Phi) is 1.25. The van der Waals surface area contributed by atoms with E-state index in [-0.39, 0.29) is 5.41 Å². The Morgan fingerprint density at radius 1 is 1.27 bits per heavy atom. The molecule has 1 heteroatoms. The topological polar surface area (TPSA) is 17.1 Å². The normalized spacial score (nSPS) is 54.9. The van der Waals surface area contributed by atoms with Crippen LogP contribution in [0.4, 0.5) is 0 Å². The predicted molar refractivity (Wildman–Crippen MR) is 44.2 cm³/mol. The fourth-order valence-corrected chi connectivity index (χ4v) is 3.12. The van der Waals surface area contributed by atoms with Gasteiger partial charge in [-0.2, -0.15) is 0 Å². The Morgan fingerprint density at radius 3 is 2.00 bits per heavy atom. The number of aldehydes is 1. The fraction of sp³-hybridized carbons (Fsp3) is 0.900. The molecule has 1 unspecified atom stereocenters. The molecule has 0 heterocycles. The molecule has 2 aliphatic carbocycles. The zero-order chi connectivity index (χ0) is 8.11. The molecule has 1 nitrogen and oxygen atoms in total. The van der Waals surface area contributed by atoms with Crippen LogP contribution >= 0.6 is 0 Å². The van der Waals surface area contributed by atoms with E-state index >= 15 is 0 Å². The van der Waals surface area contributed by atoms with E-state index in [0.717, 1.165) is 0 Å². The van der Waals surface area contributed by atoms with Crippen LogP contribution in [0.5, 0.6) is 0 Å². The van der Waals surface area contributed by atoms with E-state index in [1.807, 2.05) is 0 Å². The quantitative estimate of drug-likeness (QED) is 0.527. The summed E-state index contributed by atoms with van der Waals surface area (Å²) in [5, 5.41) is 0. The molecular weight excluding hydrogens is 136 g/mol. The van der Waals surface area contributed by atoms with Crippen LogP contribution in [-0.4, -0.2) is 6.29 Å². The second-order valence-electron chi connectivity index (χ2n) is 4.74. The molecule has 2 rings (SSSR count). The van der Waals surface area contributed by atoms with Crippen molar-refractivity contribution in [3.05, 3.63) is 0 Å². The smallest absolute Gasteiger partial charge is 0.126 e. The largest absolute Gasteiger partial charge is 0.303 e. The van der Waals surface area contributed by atoms with Crippen LogP contribution in [0, 0.1) is 16.7 Å². The Bertz CT molecular complexity index is 189. The van der Waals surface area contributed by atoms with Crippen molar-refractivity contribution in [1.82, 2.24) is 0 Å². The van der Waals surface area contributed by atoms with Gasteiger partial charge in [0.15, 0.2) is 0 Å². The Labute approximate surface area is 68.2 Å². The predicted octanol–water partition coefficient (Wildman–Crippen LogP) is 2.40. The van der Waals surface area contributed by atoms with E-state index in [4.69, 9.17) is 0 Å². The molecule has 0 radical (unpaired) electrons. The van der Waals surface area contributed by atoms with E-state index < -0.39 is 0 Å². The van der Waals surface area contributed by atoms with Crippen molar-refractivity contribution >= 4 is 6.29 Å². The number of hydrogen-bond acceptors (Lipinski definition) is 1. The molecule has 0 spiro atoms. The Hall–Kier alpha value is -0.330. The third-order valence-corrected chi connectivity index (χ3v) is 4.48. The van der Waals surface area contributed by atoms with Crippen molar-refractivity contribution in [2.45, 2.75) is 39.5 Å². The lowest BCUT2D eigenvalue weighted by atomic mass is 9.70. The number of carbonyl (C=O) groups excluding carboxylic acids is 1. The first kappa shape index (κ1) is 7.33. The minimum atomic E-state index is 0.0208. The fourth-order valence-electron chi connectivity index (χ4n) is 3.12. The maximum absolute atomic E-state index is 11.0. The molecule has 0 aromatic heterocycles. The minimum absolute atomic E-state index is 0.0208. The summed E-state index contributed by atoms with van der Waals surface area (Å²) in [7, 11) is 0. The van der Waals surface area contributed by atoms with E-state index in [1.165, 1.54) is 32.0 Å². The molecule has 2 bridgehead atoms. The molecule has 0 aromatic carbocycles. The van der Waals surface area contributed by atoms with E-state index in [1.54, 1.807) is 0 Å². The molecule has 2 fully saturated rings. The molecule has 0 aromatic rings. The van der Waals surface area contributed by atoms with Gasteiger partial charge in [-0.3, -0.25) is 0 Å².